The molecule has 0 radical (unpaired) electrons. The van der Waals surface area contributed by atoms with Gasteiger partial charge in [-0.3, -0.25) is 15.0 Å². The number of benzene rings is 1. The third kappa shape index (κ3) is 5.03. The van der Waals surface area contributed by atoms with Crippen LogP contribution in [-0.2, 0) is 4.74 Å². The van der Waals surface area contributed by atoms with E-state index in [-0.39, 0.29) is 16.1 Å². The lowest BCUT2D eigenvalue weighted by Crippen LogP contribution is -2.53. The fourth-order valence-electron chi connectivity index (χ4n) is 4.69. The SMILES string of the molecule is CCCO[C@H]1CC[C@](C)(N2CCC(Nc3cc(C)ccc3[N+](=O)[O-])CC2)CC1. The molecule has 0 aromatic heterocycles. The van der Waals surface area contributed by atoms with E-state index >= 15 is 0 Å². The number of nitrogens with zero attached hydrogens (tertiary/aromatic N) is 2. The van der Waals surface area contributed by atoms with Gasteiger partial charge in [0.1, 0.15) is 5.69 Å². The van der Waals surface area contributed by atoms with Crippen LogP contribution in [0.15, 0.2) is 18.2 Å². The highest BCUT2D eigenvalue weighted by atomic mass is 16.6. The topological polar surface area (TPSA) is 67.6 Å². The Bertz CT molecular complexity index is 663. The van der Waals surface area contributed by atoms with E-state index in [9.17, 15) is 10.1 Å². The minimum Gasteiger partial charge on any atom is -0.378 e. The number of hydrogen-bond acceptors (Lipinski definition) is 5. The molecule has 0 spiro atoms. The lowest BCUT2D eigenvalue weighted by atomic mass is 9.79. The van der Waals surface area contributed by atoms with Crippen LogP contribution in [-0.4, -0.2) is 47.2 Å². The van der Waals surface area contributed by atoms with E-state index in [4.69, 9.17) is 4.74 Å². The average Bonchev–Trinajstić information content (AvgIpc) is 2.68. The number of piperidine rings is 1. The van der Waals surface area contributed by atoms with Crippen molar-refractivity contribution in [3.63, 3.8) is 0 Å². The summed E-state index contributed by atoms with van der Waals surface area (Å²) in [7, 11) is 0. The second kappa shape index (κ2) is 9.23. The minimum atomic E-state index is -0.295. The molecule has 1 N–H and O–H groups in total. The molecule has 3 rings (SSSR count). The van der Waals surface area contributed by atoms with Gasteiger partial charge in [-0.2, -0.15) is 0 Å². The van der Waals surface area contributed by atoms with Crippen molar-refractivity contribution in [2.24, 2.45) is 0 Å². The van der Waals surface area contributed by atoms with Crippen molar-refractivity contribution in [2.45, 2.75) is 83.4 Å². The fourth-order valence-corrected chi connectivity index (χ4v) is 4.69. The molecule has 1 saturated carbocycles. The molecule has 1 aliphatic heterocycles. The summed E-state index contributed by atoms with van der Waals surface area (Å²) in [4.78, 5) is 13.7. The van der Waals surface area contributed by atoms with Gasteiger partial charge in [0.2, 0.25) is 0 Å². The zero-order chi connectivity index (χ0) is 20.1. The van der Waals surface area contributed by atoms with Gasteiger partial charge in [-0.1, -0.05) is 13.0 Å². The van der Waals surface area contributed by atoms with Crippen LogP contribution in [0.3, 0.4) is 0 Å². The summed E-state index contributed by atoms with van der Waals surface area (Å²) >= 11 is 0. The summed E-state index contributed by atoms with van der Waals surface area (Å²) in [6.45, 7) is 9.52. The van der Waals surface area contributed by atoms with E-state index in [1.807, 2.05) is 13.0 Å². The van der Waals surface area contributed by atoms with Crippen molar-refractivity contribution < 1.29 is 9.66 Å². The van der Waals surface area contributed by atoms with Crippen molar-refractivity contribution >= 4 is 11.4 Å². The van der Waals surface area contributed by atoms with Crippen LogP contribution < -0.4 is 5.32 Å². The second-order valence-electron chi connectivity index (χ2n) is 8.75. The largest absolute Gasteiger partial charge is 0.378 e. The number of ether oxygens (including phenoxy) is 1. The Morgan fingerprint density at radius 3 is 2.54 bits per heavy atom. The number of anilines is 1. The summed E-state index contributed by atoms with van der Waals surface area (Å²) in [5, 5.41) is 14.8. The van der Waals surface area contributed by atoms with E-state index in [2.05, 4.69) is 24.1 Å². The molecule has 2 fully saturated rings. The molecule has 6 nitrogen and oxygen atoms in total. The molecular formula is C22H35N3O3. The third-order valence-electron chi connectivity index (χ3n) is 6.53. The Hall–Kier alpha value is -1.66. The Morgan fingerprint density at radius 2 is 1.93 bits per heavy atom. The van der Waals surface area contributed by atoms with Crippen LogP contribution >= 0.6 is 0 Å². The fraction of sp³-hybridized carbons (Fsp3) is 0.727. The van der Waals surface area contributed by atoms with Crippen LogP contribution in [0, 0.1) is 17.0 Å². The second-order valence-corrected chi connectivity index (χ2v) is 8.75. The number of nitrogens with one attached hydrogen (secondary N) is 1. The molecule has 1 aliphatic carbocycles. The van der Waals surface area contributed by atoms with Gasteiger partial charge in [0.25, 0.3) is 5.69 Å². The molecular weight excluding hydrogens is 354 g/mol. The van der Waals surface area contributed by atoms with Gasteiger partial charge in [-0.15, -0.1) is 0 Å². The maximum Gasteiger partial charge on any atom is 0.292 e. The van der Waals surface area contributed by atoms with Crippen molar-refractivity contribution in [1.29, 1.82) is 0 Å². The Morgan fingerprint density at radius 1 is 1.25 bits per heavy atom. The highest BCUT2D eigenvalue weighted by molar-refractivity contribution is 5.63. The van der Waals surface area contributed by atoms with Crippen LogP contribution in [0.1, 0.15) is 64.4 Å². The summed E-state index contributed by atoms with van der Waals surface area (Å²) in [5.74, 6) is 0. The average molecular weight is 390 g/mol. The molecule has 0 amide bonds. The zero-order valence-corrected chi connectivity index (χ0v) is 17.6. The maximum absolute atomic E-state index is 11.3. The van der Waals surface area contributed by atoms with E-state index < -0.39 is 0 Å². The lowest BCUT2D eigenvalue weighted by Gasteiger charge is -2.48. The number of hydrogen-bond donors (Lipinski definition) is 1. The number of rotatable bonds is 7. The molecule has 0 atom stereocenters. The third-order valence-corrected chi connectivity index (χ3v) is 6.53. The van der Waals surface area contributed by atoms with Gasteiger partial charge in [0.05, 0.1) is 11.0 Å². The van der Waals surface area contributed by atoms with Gasteiger partial charge in [-0.05, 0) is 70.4 Å². The zero-order valence-electron chi connectivity index (χ0n) is 17.6. The lowest BCUT2D eigenvalue weighted by molar-refractivity contribution is -0.384. The molecule has 28 heavy (non-hydrogen) atoms. The van der Waals surface area contributed by atoms with E-state index in [1.54, 1.807) is 12.1 Å². The first-order chi connectivity index (χ1) is 13.4. The molecule has 156 valence electrons. The standard InChI is InChI=1S/C22H35N3O3/c1-4-15-28-19-7-11-22(3,12-8-19)24-13-9-18(10-14-24)23-20-16-17(2)5-6-21(20)25(26)27/h5-6,16,18-19,23H,4,7-15H2,1-3H3/t19-,22-. The summed E-state index contributed by atoms with van der Waals surface area (Å²) in [5.41, 5.74) is 2.14. The predicted molar refractivity (Wildman–Crippen MR) is 113 cm³/mol. The van der Waals surface area contributed by atoms with Crippen LogP contribution in [0.25, 0.3) is 0 Å². The van der Waals surface area contributed by atoms with Crippen molar-refractivity contribution in [2.75, 3.05) is 25.0 Å². The number of aryl methyl sites for hydroxylation is 1. The monoisotopic (exact) mass is 389 g/mol. The van der Waals surface area contributed by atoms with Crippen LogP contribution in [0.4, 0.5) is 11.4 Å². The van der Waals surface area contributed by atoms with Gasteiger partial charge in [0.15, 0.2) is 0 Å². The summed E-state index contributed by atoms with van der Waals surface area (Å²) < 4.78 is 5.95. The van der Waals surface area contributed by atoms with Gasteiger partial charge in [-0.25, -0.2) is 0 Å². The summed E-state index contributed by atoms with van der Waals surface area (Å²) in [6.07, 6.45) is 8.29. The Labute approximate surface area is 168 Å². The molecule has 1 aromatic rings. The van der Waals surface area contributed by atoms with Crippen molar-refractivity contribution in [3.8, 4) is 0 Å². The molecule has 0 bridgehead atoms. The van der Waals surface area contributed by atoms with E-state index in [1.165, 1.54) is 12.8 Å². The van der Waals surface area contributed by atoms with Gasteiger partial charge < -0.3 is 10.1 Å². The normalized spacial score (nSPS) is 26.9. The number of nitro benzene ring substituents is 1. The van der Waals surface area contributed by atoms with Crippen molar-refractivity contribution in [1.82, 2.24) is 4.90 Å². The Kier molecular flexibility index (Phi) is 6.94. The van der Waals surface area contributed by atoms with Crippen LogP contribution in [0.5, 0.6) is 0 Å². The highest BCUT2D eigenvalue weighted by Crippen LogP contribution is 2.37. The van der Waals surface area contributed by atoms with E-state index in [0.717, 1.165) is 57.4 Å². The maximum atomic E-state index is 11.3. The van der Waals surface area contributed by atoms with Crippen LogP contribution in [0.2, 0.25) is 0 Å². The van der Waals surface area contributed by atoms with Gasteiger partial charge in [0, 0.05) is 37.3 Å². The minimum absolute atomic E-state index is 0.172. The molecule has 1 aromatic carbocycles. The molecule has 0 unspecified atom stereocenters. The molecule has 2 aliphatic rings. The highest BCUT2D eigenvalue weighted by Gasteiger charge is 2.38. The Balaban J connectivity index is 1.53. The first-order valence-electron chi connectivity index (χ1n) is 10.8. The summed E-state index contributed by atoms with van der Waals surface area (Å²) in [6, 6.07) is 5.59. The first kappa shape index (κ1) is 21.1. The quantitative estimate of drug-likeness (QED) is 0.530. The molecule has 1 heterocycles. The van der Waals surface area contributed by atoms with Gasteiger partial charge >= 0.3 is 0 Å². The number of nitro groups is 1. The molecule has 1 saturated heterocycles. The van der Waals surface area contributed by atoms with E-state index in [0.29, 0.717) is 17.8 Å². The van der Waals surface area contributed by atoms with Crippen molar-refractivity contribution in [3.05, 3.63) is 33.9 Å². The first-order valence-corrected chi connectivity index (χ1v) is 10.8. The smallest absolute Gasteiger partial charge is 0.292 e. The predicted octanol–water partition coefficient (Wildman–Crippen LogP) is 4.91. The molecule has 6 heteroatoms. The number of likely N-dealkylation sites (tertiary alicyclic amines) is 1.